The van der Waals surface area contributed by atoms with E-state index in [-0.39, 0.29) is 49.1 Å². The Hall–Kier alpha value is -4.35. The Kier molecular flexibility index (Phi) is 9.80. The van der Waals surface area contributed by atoms with Gasteiger partial charge in [-0.25, -0.2) is 0 Å². The van der Waals surface area contributed by atoms with Crippen molar-refractivity contribution in [3.05, 3.63) is 64.2 Å². The number of benzene rings is 3. The van der Waals surface area contributed by atoms with Gasteiger partial charge in [-0.3, -0.25) is 9.69 Å². The number of carbonyl (C=O) groups excluding carboxylic acids is 1. The maximum Gasteiger partial charge on any atom is 0.306 e. The Balaban J connectivity index is 1.29. The van der Waals surface area contributed by atoms with Gasteiger partial charge in [-0.05, 0) is 83.0 Å². The molecule has 1 N–H and O–H groups in total. The largest absolute Gasteiger partial charge is 0.493 e. The Bertz CT molecular complexity index is 1640. The van der Waals surface area contributed by atoms with Crippen LogP contribution in [0.4, 0.5) is 0 Å². The second-order valence-electron chi connectivity index (χ2n) is 12.6. The molecule has 0 spiro atoms. The highest BCUT2D eigenvalue weighted by Gasteiger charge is 2.47. The predicted octanol–water partition coefficient (Wildman–Crippen LogP) is 5.02. The van der Waals surface area contributed by atoms with Gasteiger partial charge < -0.3 is 43.2 Å². The summed E-state index contributed by atoms with van der Waals surface area (Å²) in [5.41, 5.74) is 5.60. The molecule has 0 saturated carbocycles. The Labute approximate surface area is 282 Å². The third-order valence-electron chi connectivity index (χ3n) is 10.1. The zero-order valence-corrected chi connectivity index (χ0v) is 29.0. The molecular formula is C37H46N2O9. The normalized spacial score (nSPS) is 21.5. The smallest absolute Gasteiger partial charge is 0.306 e. The summed E-state index contributed by atoms with van der Waals surface area (Å²) < 4.78 is 45.4. The summed E-state index contributed by atoms with van der Waals surface area (Å²) in [7, 11) is 11.4. The van der Waals surface area contributed by atoms with E-state index in [0.717, 1.165) is 41.8 Å². The van der Waals surface area contributed by atoms with E-state index >= 15 is 0 Å². The molecule has 1 fully saturated rings. The highest BCUT2D eigenvalue weighted by molar-refractivity contribution is 5.71. The van der Waals surface area contributed by atoms with Crippen LogP contribution in [0, 0.1) is 0 Å². The molecule has 0 radical (unpaired) electrons. The zero-order valence-electron chi connectivity index (χ0n) is 29.0. The van der Waals surface area contributed by atoms with Crippen molar-refractivity contribution in [1.82, 2.24) is 10.2 Å². The van der Waals surface area contributed by atoms with E-state index in [9.17, 15) is 4.79 Å². The van der Waals surface area contributed by atoms with E-state index in [1.54, 1.807) is 49.8 Å². The number of esters is 1. The van der Waals surface area contributed by atoms with Crippen LogP contribution in [0.1, 0.15) is 59.2 Å². The lowest BCUT2D eigenvalue weighted by Crippen LogP contribution is -2.63. The highest BCUT2D eigenvalue weighted by Crippen LogP contribution is 2.48. The summed E-state index contributed by atoms with van der Waals surface area (Å²) in [6.07, 6.45) is 1.83. The number of nitrogens with zero attached hydrogens (tertiary/aromatic N) is 1. The van der Waals surface area contributed by atoms with Crippen LogP contribution in [-0.2, 0) is 22.4 Å². The first-order valence-electron chi connectivity index (χ1n) is 16.2. The van der Waals surface area contributed by atoms with Gasteiger partial charge in [0, 0.05) is 24.7 Å². The van der Waals surface area contributed by atoms with Crippen LogP contribution in [0.2, 0.25) is 0 Å². The van der Waals surface area contributed by atoms with Crippen LogP contribution in [0.25, 0.3) is 0 Å². The van der Waals surface area contributed by atoms with Crippen molar-refractivity contribution in [2.45, 2.75) is 56.3 Å². The van der Waals surface area contributed by atoms with Crippen LogP contribution < -0.4 is 38.5 Å². The summed E-state index contributed by atoms with van der Waals surface area (Å²) in [6, 6.07) is 12.3. The molecule has 5 atom stereocenters. The van der Waals surface area contributed by atoms with Crippen molar-refractivity contribution in [2.75, 3.05) is 62.9 Å². The van der Waals surface area contributed by atoms with E-state index in [2.05, 4.69) is 28.4 Å². The average molecular weight is 663 g/mol. The van der Waals surface area contributed by atoms with Crippen LogP contribution in [0.5, 0.6) is 40.2 Å². The summed E-state index contributed by atoms with van der Waals surface area (Å²) in [5, 5.41) is 3.90. The third kappa shape index (κ3) is 6.05. The SMILES string of the molecule is COc1cc2c(cc1OC)C1NC(C2)CN2C(COC(=O)CC(C)c3cc(OC)c(OC)c(OC)c3)c3cc(OC)c(OC)cc3CC12. The molecule has 0 amide bonds. The Morgan fingerprint density at radius 3 is 1.83 bits per heavy atom. The third-order valence-corrected chi connectivity index (χ3v) is 10.1. The van der Waals surface area contributed by atoms with Gasteiger partial charge >= 0.3 is 5.97 Å². The van der Waals surface area contributed by atoms with Gasteiger partial charge in [0.05, 0.1) is 62.2 Å². The minimum atomic E-state index is -0.280. The summed E-state index contributed by atoms with van der Waals surface area (Å²) in [6.45, 7) is 2.99. The van der Waals surface area contributed by atoms with Crippen LogP contribution in [0.15, 0.2) is 36.4 Å². The van der Waals surface area contributed by atoms with E-state index in [0.29, 0.717) is 34.5 Å². The molecule has 5 unspecified atom stereocenters. The van der Waals surface area contributed by atoms with Crippen molar-refractivity contribution in [1.29, 1.82) is 0 Å². The number of carbonyl (C=O) groups is 1. The lowest BCUT2D eigenvalue weighted by Gasteiger charge is -2.54. The number of piperazine rings is 1. The maximum absolute atomic E-state index is 13.5. The fourth-order valence-electron chi connectivity index (χ4n) is 7.68. The molecule has 3 aromatic carbocycles. The minimum Gasteiger partial charge on any atom is -0.493 e. The van der Waals surface area contributed by atoms with E-state index in [1.165, 1.54) is 11.1 Å². The van der Waals surface area contributed by atoms with Crippen molar-refractivity contribution in [2.24, 2.45) is 0 Å². The molecule has 3 heterocycles. The topological polar surface area (TPSA) is 106 Å². The molecular weight excluding hydrogens is 616 g/mol. The molecule has 3 aliphatic rings. The molecule has 0 aliphatic carbocycles. The molecule has 2 bridgehead atoms. The predicted molar refractivity (Wildman–Crippen MR) is 179 cm³/mol. The minimum absolute atomic E-state index is 0.0480. The average Bonchev–Trinajstić information content (AvgIpc) is 3.11. The Morgan fingerprint density at radius 2 is 1.27 bits per heavy atom. The standard InChI is InChI=1S/C37H46N2O9/c1-20(21-12-33(45-6)37(47-8)34(13-21)46-7)9-35(40)48-19-28-25-16-31(43-4)30(42-3)15-23(25)11-27-36-26-17-32(44-5)29(41-2)14-22(26)10-24(38-36)18-39(27)28/h12-17,20,24,27-28,36,38H,9-11,18-19H2,1-8H3. The maximum atomic E-state index is 13.5. The monoisotopic (exact) mass is 662 g/mol. The van der Waals surface area contributed by atoms with Crippen molar-refractivity contribution in [3.63, 3.8) is 0 Å². The first-order valence-corrected chi connectivity index (χ1v) is 16.2. The lowest BCUT2D eigenvalue weighted by molar-refractivity contribution is -0.147. The van der Waals surface area contributed by atoms with Gasteiger partial charge in [0.2, 0.25) is 5.75 Å². The van der Waals surface area contributed by atoms with E-state index in [4.69, 9.17) is 37.9 Å². The number of hydrogen-bond acceptors (Lipinski definition) is 11. The molecule has 6 rings (SSSR count). The van der Waals surface area contributed by atoms with Gasteiger partial charge in [0.15, 0.2) is 34.5 Å². The first kappa shape index (κ1) is 33.5. The summed E-state index contributed by atoms with van der Waals surface area (Å²) in [4.78, 5) is 16.0. The van der Waals surface area contributed by atoms with Gasteiger partial charge in [0.25, 0.3) is 0 Å². The number of ether oxygens (including phenoxy) is 8. The number of fused-ring (bicyclic) bond motifs is 7. The van der Waals surface area contributed by atoms with Crippen molar-refractivity contribution < 1.29 is 42.7 Å². The number of hydrogen-bond donors (Lipinski definition) is 1. The van der Waals surface area contributed by atoms with Crippen molar-refractivity contribution >= 4 is 5.97 Å². The van der Waals surface area contributed by atoms with Crippen LogP contribution in [-0.4, -0.2) is 85.9 Å². The molecule has 11 heteroatoms. The van der Waals surface area contributed by atoms with E-state index < -0.39 is 0 Å². The first-order chi connectivity index (χ1) is 23.3. The number of methoxy groups -OCH3 is 7. The fourth-order valence-corrected chi connectivity index (χ4v) is 7.68. The lowest BCUT2D eigenvalue weighted by atomic mass is 9.76. The van der Waals surface area contributed by atoms with E-state index in [1.807, 2.05) is 25.1 Å². The van der Waals surface area contributed by atoms with Crippen LogP contribution >= 0.6 is 0 Å². The molecule has 0 aromatic heterocycles. The highest BCUT2D eigenvalue weighted by atomic mass is 16.5. The van der Waals surface area contributed by atoms with Gasteiger partial charge in [-0.15, -0.1) is 0 Å². The molecule has 258 valence electrons. The van der Waals surface area contributed by atoms with Gasteiger partial charge in [-0.2, -0.15) is 0 Å². The van der Waals surface area contributed by atoms with Gasteiger partial charge in [0.1, 0.15) is 6.61 Å². The second kappa shape index (κ2) is 14.0. The molecule has 3 aliphatic heterocycles. The summed E-state index contributed by atoms with van der Waals surface area (Å²) >= 11 is 0. The molecule has 11 nitrogen and oxygen atoms in total. The number of rotatable bonds is 12. The quantitative estimate of drug-likeness (QED) is 0.264. The summed E-state index contributed by atoms with van der Waals surface area (Å²) in [5.74, 6) is 3.95. The van der Waals surface area contributed by atoms with Crippen LogP contribution in [0.3, 0.4) is 0 Å². The fraction of sp³-hybridized carbons (Fsp3) is 0.486. The van der Waals surface area contributed by atoms with Gasteiger partial charge in [-0.1, -0.05) is 6.92 Å². The molecule has 1 saturated heterocycles. The Morgan fingerprint density at radius 1 is 0.729 bits per heavy atom. The zero-order chi connectivity index (χ0) is 34.1. The van der Waals surface area contributed by atoms with Crippen molar-refractivity contribution in [3.8, 4) is 40.2 Å². The molecule has 48 heavy (non-hydrogen) atoms. The second-order valence-corrected chi connectivity index (χ2v) is 12.6. The molecule has 3 aromatic rings. The number of nitrogens with one attached hydrogen (secondary N) is 1.